The molecule has 0 spiro atoms. The summed E-state index contributed by atoms with van der Waals surface area (Å²) >= 11 is 0. The summed E-state index contributed by atoms with van der Waals surface area (Å²) < 4.78 is 43.7. The minimum Gasteiger partial charge on any atom is -0.490 e. The van der Waals surface area contributed by atoms with E-state index in [0.717, 1.165) is 32.0 Å². The summed E-state index contributed by atoms with van der Waals surface area (Å²) in [5.41, 5.74) is -0.714. The van der Waals surface area contributed by atoms with Crippen LogP contribution in [0.5, 0.6) is 5.75 Å². The van der Waals surface area contributed by atoms with Crippen molar-refractivity contribution in [2.24, 2.45) is 0 Å². The predicted octanol–water partition coefficient (Wildman–Crippen LogP) is 3.86. The molecule has 1 aromatic rings. The van der Waals surface area contributed by atoms with Gasteiger partial charge in [-0.2, -0.15) is 13.2 Å². The Kier molecular flexibility index (Phi) is 6.15. The second-order valence-electron chi connectivity index (χ2n) is 4.42. The first kappa shape index (κ1) is 15.8. The van der Waals surface area contributed by atoms with E-state index in [0.29, 0.717) is 0 Å². The minimum atomic E-state index is -4.37. The standard InChI is InChI=1S/C14H20F3NO/c1-3-18-10-6-7-11(2)19-13-9-5-4-8-12(13)14(15,16)17/h4-5,8-9,11,18H,3,6-7,10H2,1-2H3. The van der Waals surface area contributed by atoms with Crippen LogP contribution in [0.4, 0.5) is 13.2 Å². The lowest BCUT2D eigenvalue weighted by atomic mass is 10.1. The second kappa shape index (κ2) is 7.38. The molecule has 5 heteroatoms. The number of hydrogen-bond acceptors (Lipinski definition) is 2. The summed E-state index contributed by atoms with van der Waals surface area (Å²) in [6.07, 6.45) is -3.01. The van der Waals surface area contributed by atoms with Crippen LogP contribution in [0.15, 0.2) is 24.3 Å². The third-order valence-corrected chi connectivity index (χ3v) is 2.73. The van der Waals surface area contributed by atoms with Crippen LogP contribution in [0.3, 0.4) is 0 Å². The smallest absolute Gasteiger partial charge is 0.419 e. The average molecular weight is 275 g/mol. The van der Waals surface area contributed by atoms with Crippen LogP contribution in [0.2, 0.25) is 0 Å². The summed E-state index contributed by atoms with van der Waals surface area (Å²) in [5, 5.41) is 3.17. The van der Waals surface area contributed by atoms with E-state index in [1.165, 1.54) is 12.1 Å². The molecule has 108 valence electrons. The zero-order chi connectivity index (χ0) is 14.3. The Balaban J connectivity index is 2.57. The quantitative estimate of drug-likeness (QED) is 0.763. The molecule has 0 saturated carbocycles. The molecule has 1 unspecified atom stereocenters. The Morgan fingerprint density at radius 1 is 1.26 bits per heavy atom. The molecule has 0 amide bonds. The molecule has 0 aliphatic heterocycles. The molecule has 0 heterocycles. The number of rotatable bonds is 7. The van der Waals surface area contributed by atoms with E-state index in [4.69, 9.17) is 4.74 Å². The molecule has 2 nitrogen and oxygen atoms in total. The molecule has 1 rings (SSSR count). The number of hydrogen-bond donors (Lipinski definition) is 1. The molecule has 1 atom stereocenters. The van der Waals surface area contributed by atoms with Gasteiger partial charge < -0.3 is 10.1 Å². The van der Waals surface area contributed by atoms with Crippen molar-refractivity contribution in [2.45, 2.75) is 39.0 Å². The zero-order valence-electron chi connectivity index (χ0n) is 11.3. The number of benzene rings is 1. The van der Waals surface area contributed by atoms with Crippen LogP contribution < -0.4 is 10.1 Å². The van der Waals surface area contributed by atoms with Crippen molar-refractivity contribution < 1.29 is 17.9 Å². The van der Waals surface area contributed by atoms with Gasteiger partial charge in [0.05, 0.1) is 11.7 Å². The molecule has 0 aliphatic carbocycles. The Morgan fingerprint density at radius 2 is 1.95 bits per heavy atom. The SMILES string of the molecule is CCNCCCC(C)Oc1ccccc1C(F)(F)F. The third kappa shape index (κ3) is 5.51. The first-order chi connectivity index (χ1) is 8.95. The van der Waals surface area contributed by atoms with E-state index in [2.05, 4.69) is 5.32 Å². The summed E-state index contributed by atoms with van der Waals surface area (Å²) in [6.45, 7) is 5.55. The lowest BCUT2D eigenvalue weighted by molar-refractivity contribution is -0.139. The lowest BCUT2D eigenvalue weighted by Crippen LogP contribution is -2.19. The second-order valence-corrected chi connectivity index (χ2v) is 4.42. The fourth-order valence-electron chi connectivity index (χ4n) is 1.77. The average Bonchev–Trinajstić information content (AvgIpc) is 2.34. The number of ether oxygens (including phenoxy) is 1. The molecule has 19 heavy (non-hydrogen) atoms. The molecule has 0 bridgehead atoms. The summed E-state index contributed by atoms with van der Waals surface area (Å²) in [5.74, 6) is -0.0917. The van der Waals surface area contributed by atoms with Gasteiger partial charge in [0.25, 0.3) is 0 Å². The van der Waals surface area contributed by atoms with Gasteiger partial charge in [0.15, 0.2) is 0 Å². The Morgan fingerprint density at radius 3 is 2.58 bits per heavy atom. The fraction of sp³-hybridized carbons (Fsp3) is 0.571. The summed E-state index contributed by atoms with van der Waals surface area (Å²) in [7, 11) is 0. The Bertz CT molecular complexity index is 379. The molecule has 0 saturated heterocycles. The topological polar surface area (TPSA) is 21.3 Å². The molecular weight excluding hydrogens is 255 g/mol. The largest absolute Gasteiger partial charge is 0.490 e. The van der Waals surface area contributed by atoms with E-state index in [9.17, 15) is 13.2 Å². The predicted molar refractivity (Wildman–Crippen MR) is 69.3 cm³/mol. The first-order valence-electron chi connectivity index (χ1n) is 6.48. The number of halogens is 3. The van der Waals surface area contributed by atoms with Crippen LogP contribution >= 0.6 is 0 Å². The normalized spacial score (nSPS) is 13.3. The van der Waals surface area contributed by atoms with Crippen LogP contribution in [0.25, 0.3) is 0 Å². The minimum absolute atomic E-state index is 0.0917. The van der Waals surface area contributed by atoms with Gasteiger partial charge >= 0.3 is 6.18 Å². The van der Waals surface area contributed by atoms with Gasteiger partial charge in [0, 0.05) is 0 Å². The van der Waals surface area contributed by atoms with E-state index in [-0.39, 0.29) is 11.9 Å². The monoisotopic (exact) mass is 275 g/mol. The molecule has 0 aliphatic rings. The maximum absolute atomic E-state index is 12.8. The van der Waals surface area contributed by atoms with Crippen molar-refractivity contribution in [3.05, 3.63) is 29.8 Å². The van der Waals surface area contributed by atoms with Gasteiger partial charge in [0.1, 0.15) is 5.75 Å². The van der Waals surface area contributed by atoms with Crippen molar-refractivity contribution in [2.75, 3.05) is 13.1 Å². The lowest BCUT2D eigenvalue weighted by Gasteiger charge is -2.18. The van der Waals surface area contributed by atoms with E-state index < -0.39 is 11.7 Å². The molecule has 0 fully saturated rings. The van der Waals surface area contributed by atoms with Crippen LogP contribution in [-0.4, -0.2) is 19.2 Å². The highest BCUT2D eigenvalue weighted by Gasteiger charge is 2.34. The number of nitrogens with one attached hydrogen (secondary N) is 1. The maximum Gasteiger partial charge on any atom is 0.419 e. The molecule has 0 aromatic heterocycles. The first-order valence-corrected chi connectivity index (χ1v) is 6.48. The highest BCUT2D eigenvalue weighted by atomic mass is 19.4. The van der Waals surface area contributed by atoms with Crippen molar-refractivity contribution in [1.29, 1.82) is 0 Å². The van der Waals surface area contributed by atoms with Gasteiger partial charge in [-0.15, -0.1) is 0 Å². The van der Waals surface area contributed by atoms with E-state index in [1.54, 1.807) is 13.0 Å². The van der Waals surface area contributed by atoms with Crippen LogP contribution in [-0.2, 0) is 6.18 Å². The van der Waals surface area contributed by atoms with Crippen molar-refractivity contribution in [3.8, 4) is 5.75 Å². The van der Waals surface area contributed by atoms with E-state index >= 15 is 0 Å². The molecule has 1 N–H and O–H groups in total. The van der Waals surface area contributed by atoms with Gasteiger partial charge in [-0.25, -0.2) is 0 Å². The number of alkyl halides is 3. The number of para-hydroxylation sites is 1. The highest BCUT2D eigenvalue weighted by Crippen LogP contribution is 2.36. The fourth-order valence-corrected chi connectivity index (χ4v) is 1.77. The van der Waals surface area contributed by atoms with Crippen molar-refractivity contribution in [3.63, 3.8) is 0 Å². The van der Waals surface area contributed by atoms with Crippen LogP contribution in [0, 0.1) is 0 Å². The summed E-state index contributed by atoms with van der Waals surface area (Å²) in [6, 6.07) is 5.33. The van der Waals surface area contributed by atoms with Gasteiger partial charge in [-0.3, -0.25) is 0 Å². The highest BCUT2D eigenvalue weighted by molar-refractivity contribution is 5.35. The van der Waals surface area contributed by atoms with Crippen molar-refractivity contribution in [1.82, 2.24) is 5.32 Å². The Hall–Kier alpha value is -1.23. The van der Waals surface area contributed by atoms with Crippen molar-refractivity contribution >= 4 is 0 Å². The zero-order valence-corrected chi connectivity index (χ0v) is 11.3. The van der Waals surface area contributed by atoms with Crippen LogP contribution in [0.1, 0.15) is 32.3 Å². The maximum atomic E-state index is 12.8. The Labute approximate surface area is 112 Å². The van der Waals surface area contributed by atoms with E-state index in [1.807, 2.05) is 6.92 Å². The van der Waals surface area contributed by atoms with Gasteiger partial charge in [-0.1, -0.05) is 19.1 Å². The molecule has 1 aromatic carbocycles. The molecule has 0 radical (unpaired) electrons. The molecular formula is C14H20F3NO. The third-order valence-electron chi connectivity index (χ3n) is 2.73. The van der Waals surface area contributed by atoms with Gasteiger partial charge in [-0.05, 0) is 45.0 Å². The summed E-state index contributed by atoms with van der Waals surface area (Å²) in [4.78, 5) is 0. The van der Waals surface area contributed by atoms with Gasteiger partial charge in [0.2, 0.25) is 0 Å².